The fourth-order valence-electron chi connectivity index (χ4n) is 4.15. The molecule has 1 aliphatic rings. The minimum Gasteiger partial charge on any atom is -0.468 e. The van der Waals surface area contributed by atoms with Crippen molar-refractivity contribution in [2.45, 2.75) is 25.0 Å². The van der Waals surface area contributed by atoms with Crippen LogP contribution < -0.4 is 5.73 Å². The van der Waals surface area contributed by atoms with Crippen LogP contribution in [0.1, 0.15) is 22.9 Å². The Balaban J connectivity index is 1.56. The Morgan fingerprint density at radius 2 is 2.24 bits per heavy atom. The molecule has 33 heavy (non-hydrogen) atoms. The molecule has 0 spiro atoms. The number of benzene rings is 1. The largest absolute Gasteiger partial charge is 0.468 e. The van der Waals surface area contributed by atoms with E-state index in [1.807, 2.05) is 29.2 Å². The first-order chi connectivity index (χ1) is 15.9. The molecule has 10 heteroatoms. The summed E-state index contributed by atoms with van der Waals surface area (Å²) in [5.74, 6) is -0.0373. The van der Waals surface area contributed by atoms with Crippen LogP contribution in [-0.4, -0.2) is 57.9 Å². The number of amides is 1. The summed E-state index contributed by atoms with van der Waals surface area (Å²) >= 11 is 7.54. The lowest BCUT2D eigenvalue weighted by Gasteiger charge is -2.32. The van der Waals surface area contributed by atoms with Crippen molar-refractivity contribution in [3.63, 3.8) is 0 Å². The third-order valence-corrected chi connectivity index (χ3v) is 7.08. The van der Waals surface area contributed by atoms with Crippen LogP contribution in [0.25, 0.3) is 10.9 Å². The Labute approximate surface area is 200 Å². The van der Waals surface area contributed by atoms with Crippen LogP contribution in [0.4, 0.5) is 5.82 Å². The van der Waals surface area contributed by atoms with Crippen molar-refractivity contribution < 1.29 is 14.3 Å². The van der Waals surface area contributed by atoms with Gasteiger partial charge in [0.1, 0.15) is 12.1 Å². The number of methoxy groups -OCH3 is 1. The summed E-state index contributed by atoms with van der Waals surface area (Å²) in [6.07, 6.45) is 3.74. The summed E-state index contributed by atoms with van der Waals surface area (Å²) in [7, 11) is 1.34. The molecule has 0 radical (unpaired) electrons. The number of carbonyl (C=O) groups excluding carboxylic acids is 2. The first kappa shape index (κ1) is 23.2. The van der Waals surface area contributed by atoms with Gasteiger partial charge in [0.05, 0.1) is 35.6 Å². The fraction of sp³-hybridized carbons (Fsp3) is 0.304. The van der Waals surface area contributed by atoms with Gasteiger partial charge in [0.2, 0.25) is 5.91 Å². The number of nitrogens with two attached hydrogens (primary N) is 1. The molecule has 4 rings (SSSR count). The summed E-state index contributed by atoms with van der Waals surface area (Å²) in [4.78, 5) is 38.5. The number of hydrogen-bond donors (Lipinski definition) is 1. The molecule has 1 amide bonds. The lowest BCUT2D eigenvalue weighted by atomic mass is 10.1. The predicted octanol–water partition coefficient (Wildman–Crippen LogP) is 3.43. The first-order valence-electron chi connectivity index (χ1n) is 10.4. The smallest absolute Gasteiger partial charge is 0.319 e. The zero-order valence-electron chi connectivity index (χ0n) is 18.1. The highest BCUT2D eigenvalue weighted by Crippen LogP contribution is 2.35. The first-order valence-corrected chi connectivity index (χ1v) is 11.6. The van der Waals surface area contributed by atoms with Gasteiger partial charge in [-0.15, -0.1) is 17.9 Å². The molecule has 0 aliphatic carbocycles. The predicted molar refractivity (Wildman–Crippen MR) is 129 cm³/mol. The van der Waals surface area contributed by atoms with Crippen LogP contribution in [0.2, 0.25) is 4.34 Å². The van der Waals surface area contributed by atoms with Crippen LogP contribution >= 0.6 is 22.9 Å². The Kier molecular flexibility index (Phi) is 6.92. The van der Waals surface area contributed by atoms with Gasteiger partial charge < -0.3 is 15.4 Å². The van der Waals surface area contributed by atoms with E-state index in [2.05, 4.69) is 16.5 Å². The van der Waals surface area contributed by atoms with Gasteiger partial charge in [-0.1, -0.05) is 23.7 Å². The van der Waals surface area contributed by atoms with E-state index in [1.165, 1.54) is 24.8 Å². The monoisotopic (exact) mass is 485 g/mol. The molecule has 3 aromatic rings. The van der Waals surface area contributed by atoms with Crippen molar-refractivity contribution >= 4 is 51.5 Å². The second kappa shape index (κ2) is 9.86. The lowest BCUT2D eigenvalue weighted by molar-refractivity contribution is -0.144. The van der Waals surface area contributed by atoms with Gasteiger partial charge in [0.15, 0.2) is 0 Å². The average Bonchev–Trinajstić information content (AvgIpc) is 3.39. The summed E-state index contributed by atoms with van der Waals surface area (Å²) in [5.41, 5.74) is 7.59. The zero-order valence-corrected chi connectivity index (χ0v) is 19.7. The number of hydrogen-bond acceptors (Lipinski definition) is 8. The van der Waals surface area contributed by atoms with Gasteiger partial charge in [-0.05, 0) is 36.2 Å². The topological polar surface area (TPSA) is 102 Å². The van der Waals surface area contributed by atoms with Crippen molar-refractivity contribution in [2.75, 3.05) is 25.9 Å². The number of aromatic nitrogens is 2. The molecule has 172 valence electrons. The van der Waals surface area contributed by atoms with Crippen LogP contribution in [0.15, 0.2) is 49.3 Å². The number of esters is 1. The van der Waals surface area contributed by atoms with Crippen LogP contribution in [0.5, 0.6) is 0 Å². The molecule has 0 bridgehead atoms. The van der Waals surface area contributed by atoms with Gasteiger partial charge in [-0.25, -0.2) is 9.97 Å². The summed E-state index contributed by atoms with van der Waals surface area (Å²) in [6, 6.07) is 8.59. The second-order valence-corrected chi connectivity index (χ2v) is 9.49. The quantitative estimate of drug-likeness (QED) is 0.385. The molecular weight excluding hydrogens is 462 g/mol. The maximum absolute atomic E-state index is 13.4. The number of thiophene rings is 1. The van der Waals surface area contributed by atoms with Crippen molar-refractivity contribution in [3.05, 3.63) is 64.1 Å². The molecule has 1 aromatic carbocycles. The number of halogens is 1. The molecule has 2 aromatic heterocycles. The Morgan fingerprint density at radius 3 is 2.94 bits per heavy atom. The van der Waals surface area contributed by atoms with Gasteiger partial charge in [-0.2, -0.15) is 0 Å². The molecule has 3 heterocycles. The molecule has 1 saturated heterocycles. The minimum atomic E-state index is -0.480. The fourth-order valence-corrected chi connectivity index (χ4v) is 5.33. The van der Waals surface area contributed by atoms with Crippen LogP contribution in [-0.2, 0) is 20.9 Å². The maximum atomic E-state index is 13.4. The number of nitrogen functional groups attached to an aromatic ring is 1. The van der Waals surface area contributed by atoms with Gasteiger partial charge in [0.25, 0.3) is 0 Å². The van der Waals surface area contributed by atoms with Crippen LogP contribution in [0.3, 0.4) is 0 Å². The molecule has 1 unspecified atom stereocenters. The highest BCUT2D eigenvalue weighted by molar-refractivity contribution is 7.16. The molecular formula is C23H24ClN5O3S. The average molecular weight is 486 g/mol. The number of rotatable bonds is 8. The Bertz CT molecular complexity index is 1200. The van der Waals surface area contributed by atoms with E-state index in [-0.39, 0.29) is 18.5 Å². The van der Waals surface area contributed by atoms with Crippen LogP contribution in [0, 0.1) is 0 Å². The highest BCUT2D eigenvalue weighted by Gasteiger charge is 2.40. The second-order valence-electron chi connectivity index (χ2n) is 7.75. The van der Waals surface area contributed by atoms with Gasteiger partial charge in [0, 0.05) is 23.4 Å². The molecule has 0 saturated carbocycles. The molecule has 2 atom stereocenters. The standard InChI is InChI=1S/C23H24ClN5O3S/c1-3-17(19-6-7-20(24)33-19)29(12-21(30)32-2)18-8-9-28(23(18)31)11-14-4-5-15-16(10-14)26-13-27-22(15)25/h3-7,10,13,17-18H,1,8-9,11-12H2,2H3,(H2,25,26,27)/t17?,18-/m0/s1. The van der Waals surface area contributed by atoms with E-state index >= 15 is 0 Å². The molecule has 1 aliphatic heterocycles. The Morgan fingerprint density at radius 1 is 1.42 bits per heavy atom. The van der Waals surface area contributed by atoms with E-state index in [0.717, 1.165) is 21.3 Å². The number of ether oxygens (including phenoxy) is 1. The van der Waals surface area contributed by atoms with Gasteiger partial charge >= 0.3 is 5.97 Å². The van der Waals surface area contributed by atoms with E-state index in [4.69, 9.17) is 22.1 Å². The maximum Gasteiger partial charge on any atom is 0.319 e. The van der Waals surface area contributed by atoms with E-state index in [9.17, 15) is 9.59 Å². The van der Waals surface area contributed by atoms with E-state index in [0.29, 0.717) is 29.7 Å². The normalized spacial score (nSPS) is 17.0. The molecule has 2 N–H and O–H groups in total. The lowest BCUT2D eigenvalue weighted by Crippen LogP contribution is -2.45. The van der Waals surface area contributed by atoms with Crippen molar-refractivity contribution in [1.29, 1.82) is 0 Å². The number of fused-ring (bicyclic) bond motifs is 1. The van der Waals surface area contributed by atoms with Crippen molar-refractivity contribution in [1.82, 2.24) is 19.8 Å². The van der Waals surface area contributed by atoms with Gasteiger partial charge in [-0.3, -0.25) is 14.5 Å². The Hall–Kier alpha value is -3.01. The summed E-state index contributed by atoms with van der Waals surface area (Å²) in [5, 5.41) is 0.777. The molecule has 1 fully saturated rings. The number of carbonyl (C=O) groups is 2. The minimum absolute atomic E-state index is 0.0286. The van der Waals surface area contributed by atoms with Crippen molar-refractivity contribution in [3.8, 4) is 0 Å². The van der Waals surface area contributed by atoms with E-state index in [1.54, 1.807) is 17.0 Å². The third-order valence-electron chi connectivity index (χ3n) is 5.78. The SMILES string of the molecule is C=CC(c1ccc(Cl)s1)N(CC(=O)OC)[C@H]1CCN(Cc2ccc3c(N)ncnc3c2)C1=O. The number of anilines is 1. The van der Waals surface area contributed by atoms with E-state index < -0.39 is 12.0 Å². The third kappa shape index (κ3) is 4.85. The number of likely N-dealkylation sites (tertiary alicyclic amines) is 1. The summed E-state index contributed by atoms with van der Waals surface area (Å²) in [6.45, 7) is 4.92. The zero-order chi connectivity index (χ0) is 23.5. The van der Waals surface area contributed by atoms with Crippen molar-refractivity contribution in [2.24, 2.45) is 0 Å². The summed E-state index contributed by atoms with van der Waals surface area (Å²) < 4.78 is 5.53. The molecule has 8 nitrogen and oxygen atoms in total. The highest BCUT2D eigenvalue weighted by atomic mass is 35.5. The number of nitrogens with zero attached hydrogens (tertiary/aromatic N) is 4.